The van der Waals surface area contributed by atoms with Crippen LogP contribution < -0.4 is 5.32 Å². The third kappa shape index (κ3) is 4.92. The Labute approximate surface area is 189 Å². The van der Waals surface area contributed by atoms with Crippen molar-refractivity contribution >= 4 is 11.7 Å². The first-order valence-corrected chi connectivity index (χ1v) is 11.3. The average molecular weight is 433 g/mol. The number of carbonyl (C=O) groups is 2. The third-order valence-corrected chi connectivity index (χ3v) is 6.83. The van der Waals surface area contributed by atoms with Crippen molar-refractivity contribution in [3.63, 3.8) is 0 Å². The van der Waals surface area contributed by atoms with Gasteiger partial charge in [-0.3, -0.25) is 9.59 Å². The van der Waals surface area contributed by atoms with Crippen LogP contribution in [0.1, 0.15) is 43.2 Å². The van der Waals surface area contributed by atoms with Crippen LogP contribution in [0, 0.1) is 29.0 Å². The Balaban J connectivity index is 1.32. The normalized spacial score (nSPS) is 20.9. The van der Waals surface area contributed by atoms with Gasteiger partial charge in [0.2, 0.25) is 11.7 Å². The predicted molar refractivity (Wildman–Crippen MR) is 122 cm³/mol. The van der Waals surface area contributed by atoms with Crippen LogP contribution in [-0.4, -0.2) is 42.8 Å². The largest absolute Gasteiger partial charge is 0.355 e. The molecule has 1 N–H and O–H groups in total. The second-order valence-corrected chi connectivity index (χ2v) is 9.12. The number of Topliss-reactive ketones (excluding diaryl/α,β-unsaturated/α-hetero) is 1. The number of hydrogen-bond acceptors (Lipinski definition) is 3. The highest BCUT2D eigenvalue weighted by molar-refractivity contribution is 5.96. The zero-order valence-corrected chi connectivity index (χ0v) is 18.4. The minimum atomic E-state index is -0.422. The van der Waals surface area contributed by atoms with E-state index in [1.165, 1.54) is 12.1 Å². The fourth-order valence-electron chi connectivity index (χ4n) is 5.10. The molecule has 1 unspecified atom stereocenters. The number of hydrogen-bond donors (Lipinski definition) is 1. The second kappa shape index (κ2) is 9.67. The smallest absolute Gasteiger partial charge is 0.227 e. The summed E-state index contributed by atoms with van der Waals surface area (Å²) in [5.41, 5.74) is 1.45. The number of rotatable bonds is 5. The third-order valence-electron chi connectivity index (χ3n) is 6.83. The van der Waals surface area contributed by atoms with Gasteiger partial charge in [-0.25, -0.2) is 4.39 Å². The van der Waals surface area contributed by atoms with Crippen molar-refractivity contribution in [1.29, 1.82) is 0 Å². The molecule has 2 atom stereocenters. The summed E-state index contributed by atoms with van der Waals surface area (Å²) in [6.07, 6.45) is 1.98. The van der Waals surface area contributed by atoms with Crippen molar-refractivity contribution in [1.82, 2.24) is 10.2 Å². The van der Waals surface area contributed by atoms with Crippen molar-refractivity contribution in [2.45, 2.75) is 32.1 Å². The summed E-state index contributed by atoms with van der Waals surface area (Å²) in [7, 11) is 0. The van der Waals surface area contributed by atoms with E-state index in [-0.39, 0.29) is 29.3 Å². The van der Waals surface area contributed by atoms with Gasteiger partial charge in [-0.05, 0) is 67.6 Å². The molecule has 2 aromatic rings. The molecule has 2 aromatic carbocycles. The van der Waals surface area contributed by atoms with Crippen LogP contribution in [-0.2, 0) is 9.59 Å². The van der Waals surface area contributed by atoms with Gasteiger partial charge in [-0.1, -0.05) is 43.2 Å². The van der Waals surface area contributed by atoms with E-state index >= 15 is 0 Å². The van der Waals surface area contributed by atoms with Crippen LogP contribution in [0.15, 0.2) is 54.6 Å². The molecule has 0 saturated carbocycles. The molecular formula is C27H29FN2O2. The van der Waals surface area contributed by atoms with Crippen LogP contribution in [0.3, 0.4) is 0 Å². The van der Waals surface area contributed by atoms with Crippen LogP contribution in [0.25, 0.3) is 0 Å². The Morgan fingerprint density at radius 2 is 1.84 bits per heavy atom. The van der Waals surface area contributed by atoms with E-state index in [1.54, 1.807) is 12.1 Å². The van der Waals surface area contributed by atoms with E-state index in [1.807, 2.05) is 30.3 Å². The summed E-state index contributed by atoms with van der Waals surface area (Å²) < 4.78 is 13.4. The standard InChI is InChI=1S/C27H29FN2O2/c1-20(17-24(31)12-7-21-5-3-2-4-6-21)19-30-15-13-27(14-16-30)25(18-29-26(27)32)22-8-10-23(28)11-9-22/h2-6,8-11,20,25H,13-19H2,1H3,(H,29,32)/t20-,25?/m1/s1. The van der Waals surface area contributed by atoms with Crippen molar-refractivity contribution in [2.24, 2.45) is 11.3 Å². The SMILES string of the molecule is C[C@H](CC(=O)C#Cc1ccccc1)CN1CCC2(CC1)C(=O)NCC2c1ccc(F)cc1. The predicted octanol–water partition coefficient (Wildman–Crippen LogP) is 3.77. The maximum absolute atomic E-state index is 13.4. The van der Waals surface area contributed by atoms with Crippen molar-refractivity contribution < 1.29 is 14.0 Å². The first-order valence-electron chi connectivity index (χ1n) is 11.3. The number of nitrogens with zero attached hydrogens (tertiary/aromatic N) is 1. The Morgan fingerprint density at radius 3 is 2.53 bits per heavy atom. The molecule has 0 aromatic heterocycles. The molecular weight excluding hydrogens is 403 g/mol. The molecule has 4 nitrogen and oxygen atoms in total. The van der Waals surface area contributed by atoms with Gasteiger partial charge in [0.15, 0.2) is 0 Å². The Bertz CT molecular complexity index is 1020. The van der Waals surface area contributed by atoms with Crippen LogP contribution in [0.2, 0.25) is 0 Å². The lowest BCUT2D eigenvalue weighted by Gasteiger charge is -2.41. The monoisotopic (exact) mass is 432 g/mol. The fraction of sp³-hybridized carbons (Fsp3) is 0.407. The number of ketones is 1. The lowest BCUT2D eigenvalue weighted by molar-refractivity contribution is -0.130. The van der Waals surface area contributed by atoms with Gasteiger partial charge in [0.05, 0.1) is 5.41 Å². The molecule has 32 heavy (non-hydrogen) atoms. The van der Waals surface area contributed by atoms with Gasteiger partial charge in [0, 0.05) is 31.0 Å². The van der Waals surface area contributed by atoms with Crippen LogP contribution in [0.4, 0.5) is 4.39 Å². The highest BCUT2D eigenvalue weighted by Gasteiger charge is 2.51. The molecule has 5 heteroatoms. The lowest BCUT2D eigenvalue weighted by atomic mass is 9.68. The molecule has 1 amide bonds. The number of piperidine rings is 1. The average Bonchev–Trinajstić information content (AvgIpc) is 3.11. The summed E-state index contributed by atoms with van der Waals surface area (Å²) in [6, 6.07) is 16.1. The molecule has 2 saturated heterocycles. The first kappa shape index (κ1) is 22.2. The highest BCUT2D eigenvalue weighted by atomic mass is 19.1. The maximum atomic E-state index is 13.4. The number of carbonyl (C=O) groups excluding carboxylic acids is 2. The number of amides is 1. The summed E-state index contributed by atoms with van der Waals surface area (Å²) in [6.45, 7) is 5.14. The summed E-state index contributed by atoms with van der Waals surface area (Å²) >= 11 is 0. The molecule has 4 rings (SSSR count). The molecule has 166 valence electrons. The van der Waals surface area contributed by atoms with E-state index in [0.29, 0.717) is 13.0 Å². The quantitative estimate of drug-likeness (QED) is 0.732. The lowest BCUT2D eigenvalue weighted by Crippen LogP contribution is -2.47. The molecule has 2 aliphatic heterocycles. The minimum absolute atomic E-state index is 0.0404. The van der Waals surface area contributed by atoms with E-state index in [9.17, 15) is 14.0 Å². The van der Waals surface area contributed by atoms with E-state index in [2.05, 4.69) is 29.0 Å². The van der Waals surface area contributed by atoms with Crippen LogP contribution >= 0.6 is 0 Å². The zero-order valence-electron chi connectivity index (χ0n) is 18.4. The molecule has 0 radical (unpaired) electrons. The second-order valence-electron chi connectivity index (χ2n) is 9.12. The zero-order chi connectivity index (χ0) is 22.6. The number of nitrogens with one attached hydrogen (secondary N) is 1. The molecule has 0 aliphatic carbocycles. The fourth-order valence-corrected chi connectivity index (χ4v) is 5.10. The van der Waals surface area contributed by atoms with Gasteiger partial charge in [0.1, 0.15) is 5.82 Å². The topological polar surface area (TPSA) is 49.4 Å². The first-order chi connectivity index (χ1) is 15.5. The van der Waals surface area contributed by atoms with Gasteiger partial charge in [0.25, 0.3) is 0 Å². The Hall–Kier alpha value is -2.97. The molecule has 2 fully saturated rings. The van der Waals surface area contributed by atoms with E-state index < -0.39 is 5.41 Å². The van der Waals surface area contributed by atoms with E-state index in [0.717, 1.165) is 43.6 Å². The van der Waals surface area contributed by atoms with Gasteiger partial charge < -0.3 is 10.2 Å². The molecule has 2 heterocycles. The van der Waals surface area contributed by atoms with Crippen molar-refractivity contribution in [3.05, 3.63) is 71.5 Å². The Morgan fingerprint density at radius 1 is 1.16 bits per heavy atom. The summed E-state index contributed by atoms with van der Waals surface area (Å²) in [4.78, 5) is 27.4. The molecule has 1 spiro atoms. The Kier molecular flexibility index (Phi) is 6.72. The van der Waals surface area contributed by atoms with E-state index in [4.69, 9.17) is 0 Å². The maximum Gasteiger partial charge on any atom is 0.227 e. The van der Waals surface area contributed by atoms with Crippen LogP contribution in [0.5, 0.6) is 0 Å². The van der Waals surface area contributed by atoms with Gasteiger partial charge in [-0.2, -0.15) is 0 Å². The van der Waals surface area contributed by atoms with Gasteiger partial charge in [-0.15, -0.1) is 0 Å². The van der Waals surface area contributed by atoms with Gasteiger partial charge >= 0.3 is 0 Å². The minimum Gasteiger partial charge on any atom is -0.355 e. The summed E-state index contributed by atoms with van der Waals surface area (Å²) in [5, 5.41) is 3.04. The van der Waals surface area contributed by atoms with Crippen molar-refractivity contribution in [3.8, 4) is 11.8 Å². The van der Waals surface area contributed by atoms with Crippen molar-refractivity contribution in [2.75, 3.05) is 26.2 Å². The number of likely N-dealkylation sites (tertiary alicyclic amines) is 1. The summed E-state index contributed by atoms with van der Waals surface area (Å²) in [5.74, 6) is 5.78. The number of halogens is 1. The number of benzene rings is 2. The highest BCUT2D eigenvalue weighted by Crippen LogP contribution is 2.47. The molecule has 0 bridgehead atoms. The molecule has 2 aliphatic rings.